The molecule has 146 valence electrons. The standard InChI is InChI=1S/C20H21N3O4S/c1-4-23-18-8-6-5-7-14(18)13-17(20(23)25)19(24)21-15-9-11-16(12-10-15)28(26,27)22(2)3/h5-13H,4H2,1-3H3,(H,21,24). The number of pyridine rings is 1. The van der Waals surface area contributed by atoms with Crippen molar-refractivity contribution in [3.8, 4) is 0 Å². The second-order valence-corrected chi connectivity index (χ2v) is 8.58. The van der Waals surface area contributed by atoms with Gasteiger partial charge in [-0.05, 0) is 48.7 Å². The highest BCUT2D eigenvalue weighted by Crippen LogP contribution is 2.18. The van der Waals surface area contributed by atoms with Gasteiger partial charge in [0.2, 0.25) is 10.0 Å². The number of carbonyl (C=O) groups excluding carboxylic acids is 1. The predicted molar refractivity (Wildman–Crippen MR) is 109 cm³/mol. The van der Waals surface area contributed by atoms with Crippen LogP contribution < -0.4 is 10.9 Å². The smallest absolute Gasteiger partial charge is 0.263 e. The number of fused-ring (bicyclic) bond motifs is 1. The molecule has 0 spiro atoms. The maximum atomic E-state index is 12.7. The molecule has 0 bridgehead atoms. The molecule has 3 rings (SSSR count). The van der Waals surface area contributed by atoms with Crippen LogP contribution in [0.4, 0.5) is 5.69 Å². The van der Waals surface area contributed by atoms with Crippen LogP contribution in [0.2, 0.25) is 0 Å². The summed E-state index contributed by atoms with van der Waals surface area (Å²) in [7, 11) is -0.651. The van der Waals surface area contributed by atoms with Crippen molar-refractivity contribution in [1.29, 1.82) is 0 Å². The highest BCUT2D eigenvalue weighted by molar-refractivity contribution is 7.89. The van der Waals surface area contributed by atoms with Crippen LogP contribution in [0.1, 0.15) is 17.3 Å². The number of carbonyl (C=O) groups is 1. The normalized spacial score (nSPS) is 11.7. The number of para-hydroxylation sites is 1. The fraction of sp³-hybridized carbons (Fsp3) is 0.200. The Kier molecular flexibility index (Phi) is 5.35. The summed E-state index contributed by atoms with van der Waals surface area (Å²) in [5, 5.41) is 3.46. The monoisotopic (exact) mass is 399 g/mol. The van der Waals surface area contributed by atoms with Crippen molar-refractivity contribution in [2.24, 2.45) is 0 Å². The molecule has 2 aromatic carbocycles. The second kappa shape index (κ2) is 7.57. The topological polar surface area (TPSA) is 88.5 Å². The van der Waals surface area contributed by atoms with Crippen molar-refractivity contribution in [3.63, 3.8) is 0 Å². The summed E-state index contributed by atoms with van der Waals surface area (Å²) in [4.78, 5) is 25.5. The third-order valence-corrected chi connectivity index (χ3v) is 6.28. The first-order valence-corrected chi connectivity index (χ1v) is 10.2. The van der Waals surface area contributed by atoms with Crippen molar-refractivity contribution in [3.05, 3.63) is 70.5 Å². The average Bonchev–Trinajstić information content (AvgIpc) is 2.67. The van der Waals surface area contributed by atoms with Crippen LogP contribution in [-0.4, -0.2) is 37.3 Å². The molecule has 1 aromatic heterocycles. The van der Waals surface area contributed by atoms with Crippen LogP contribution in [0.15, 0.2) is 64.3 Å². The molecule has 0 fully saturated rings. The maximum Gasteiger partial charge on any atom is 0.263 e. The highest BCUT2D eigenvalue weighted by Gasteiger charge is 2.18. The molecule has 7 nitrogen and oxygen atoms in total. The molecular weight excluding hydrogens is 378 g/mol. The van der Waals surface area contributed by atoms with Gasteiger partial charge in [0.25, 0.3) is 11.5 Å². The fourth-order valence-electron chi connectivity index (χ4n) is 2.92. The summed E-state index contributed by atoms with van der Waals surface area (Å²) in [6.45, 7) is 2.29. The van der Waals surface area contributed by atoms with E-state index in [-0.39, 0.29) is 16.0 Å². The Morgan fingerprint density at radius 1 is 1.07 bits per heavy atom. The number of nitrogens with one attached hydrogen (secondary N) is 1. The molecule has 1 amide bonds. The molecule has 0 aliphatic rings. The number of anilines is 1. The van der Waals surface area contributed by atoms with Crippen LogP contribution in [0.5, 0.6) is 0 Å². The molecule has 0 radical (unpaired) electrons. The summed E-state index contributed by atoms with van der Waals surface area (Å²) in [6.07, 6.45) is 0. The Labute approximate surface area is 163 Å². The number of hydrogen-bond donors (Lipinski definition) is 1. The van der Waals surface area contributed by atoms with E-state index < -0.39 is 15.9 Å². The Morgan fingerprint density at radius 3 is 2.32 bits per heavy atom. The number of aromatic nitrogens is 1. The number of hydrogen-bond acceptors (Lipinski definition) is 4. The van der Waals surface area contributed by atoms with E-state index in [1.807, 2.05) is 31.2 Å². The first-order valence-electron chi connectivity index (χ1n) is 8.72. The van der Waals surface area contributed by atoms with Crippen molar-refractivity contribution in [2.75, 3.05) is 19.4 Å². The third-order valence-electron chi connectivity index (χ3n) is 4.45. The van der Waals surface area contributed by atoms with E-state index in [0.717, 1.165) is 15.2 Å². The lowest BCUT2D eigenvalue weighted by atomic mass is 10.1. The minimum absolute atomic E-state index is 0.0329. The number of amides is 1. The van der Waals surface area contributed by atoms with Gasteiger partial charge in [-0.3, -0.25) is 9.59 Å². The van der Waals surface area contributed by atoms with Gasteiger partial charge in [0.1, 0.15) is 5.56 Å². The van der Waals surface area contributed by atoms with Crippen molar-refractivity contribution in [2.45, 2.75) is 18.4 Å². The molecule has 0 saturated heterocycles. The highest BCUT2D eigenvalue weighted by atomic mass is 32.2. The van der Waals surface area contributed by atoms with Crippen molar-refractivity contribution >= 4 is 32.5 Å². The summed E-state index contributed by atoms with van der Waals surface area (Å²) < 4.78 is 26.9. The van der Waals surface area contributed by atoms with Gasteiger partial charge in [-0.1, -0.05) is 18.2 Å². The number of aryl methyl sites for hydroxylation is 1. The zero-order valence-electron chi connectivity index (χ0n) is 15.8. The molecular formula is C20H21N3O4S. The molecule has 0 atom stereocenters. The zero-order chi connectivity index (χ0) is 20.5. The number of rotatable bonds is 5. The van der Waals surface area contributed by atoms with Crippen LogP contribution in [0.3, 0.4) is 0 Å². The van der Waals surface area contributed by atoms with Gasteiger partial charge in [0, 0.05) is 26.3 Å². The van der Waals surface area contributed by atoms with E-state index in [1.54, 1.807) is 10.6 Å². The Balaban J connectivity index is 1.94. The summed E-state index contributed by atoms with van der Waals surface area (Å²) >= 11 is 0. The van der Waals surface area contributed by atoms with Crippen molar-refractivity contribution in [1.82, 2.24) is 8.87 Å². The second-order valence-electron chi connectivity index (χ2n) is 6.43. The Hall–Kier alpha value is -2.97. The van der Waals surface area contributed by atoms with Crippen LogP contribution >= 0.6 is 0 Å². The minimum atomic E-state index is -3.55. The zero-order valence-corrected chi connectivity index (χ0v) is 16.7. The van der Waals surface area contributed by atoms with E-state index in [1.165, 1.54) is 38.4 Å². The van der Waals surface area contributed by atoms with Gasteiger partial charge < -0.3 is 9.88 Å². The molecule has 0 aliphatic heterocycles. The van der Waals surface area contributed by atoms with E-state index in [9.17, 15) is 18.0 Å². The van der Waals surface area contributed by atoms with Crippen molar-refractivity contribution < 1.29 is 13.2 Å². The van der Waals surface area contributed by atoms with Crippen LogP contribution in [0, 0.1) is 0 Å². The molecule has 1 heterocycles. The van der Waals surface area contributed by atoms with E-state index in [0.29, 0.717) is 12.2 Å². The summed E-state index contributed by atoms with van der Waals surface area (Å²) in [5.74, 6) is -0.541. The summed E-state index contributed by atoms with van der Waals surface area (Å²) in [6, 6.07) is 14.8. The fourth-order valence-corrected chi connectivity index (χ4v) is 3.83. The number of nitrogens with zero attached hydrogens (tertiary/aromatic N) is 2. The lowest BCUT2D eigenvalue weighted by Crippen LogP contribution is -2.29. The Bertz CT molecular complexity index is 1200. The predicted octanol–water partition coefficient (Wildman–Crippen LogP) is 2.52. The van der Waals surface area contributed by atoms with Gasteiger partial charge in [-0.15, -0.1) is 0 Å². The lowest BCUT2D eigenvalue weighted by molar-refractivity contribution is 0.102. The Morgan fingerprint density at radius 2 is 1.71 bits per heavy atom. The summed E-state index contributed by atoms with van der Waals surface area (Å²) in [5.41, 5.74) is 0.833. The average molecular weight is 399 g/mol. The molecule has 0 saturated carbocycles. The number of sulfonamides is 1. The molecule has 3 aromatic rings. The maximum absolute atomic E-state index is 12.7. The quantitative estimate of drug-likeness (QED) is 0.714. The third kappa shape index (κ3) is 3.56. The van der Waals surface area contributed by atoms with Gasteiger partial charge >= 0.3 is 0 Å². The van der Waals surface area contributed by atoms with Crippen LogP contribution in [0.25, 0.3) is 10.9 Å². The van der Waals surface area contributed by atoms with Gasteiger partial charge in [-0.2, -0.15) is 0 Å². The first kappa shape index (κ1) is 19.8. The van der Waals surface area contributed by atoms with E-state index >= 15 is 0 Å². The minimum Gasteiger partial charge on any atom is -0.322 e. The molecule has 1 N–H and O–H groups in total. The molecule has 0 unspecified atom stereocenters. The molecule has 0 aliphatic carbocycles. The van der Waals surface area contributed by atoms with Gasteiger partial charge in [0.15, 0.2) is 0 Å². The van der Waals surface area contributed by atoms with E-state index in [4.69, 9.17) is 0 Å². The first-order chi connectivity index (χ1) is 13.3. The lowest BCUT2D eigenvalue weighted by Gasteiger charge is -2.13. The van der Waals surface area contributed by atoms with Gasteiger partial charge in [0.05, 0.1) is 10.4 Å². The molecule has 28 heavy (non-hydrogen) atoms. The SMILES string of the molecule is CCn1c(=O)c(C(=O)Nc2ccc(S(=O)(=O)N(C)C)cc2)cc2ccccc21. The largest absolute Gasteiger partial charge is 0.322 e. The van der Waals surface area contributed by atoms with E-state index in [2.05, 4.69) is 5.32 Å². The van der Waals surface area contributed by atoms with Crippen LogP contribution in [-0.2, 0) is 16.6 Å². The molecule has 8 heteroatoms. The number of benzene rings is 2. The van der Waals surface area contributed by atoms with Gasteiger partial charge in [-0.25, -0.2) is 12.7 Å².